The van der Waals surface area contributed by atoms with E-state index in [9.17, 15) is 19.8 Å². The number of carbonyl (C=O) groups is 2. The lowest BCUT2D eigenvalue weighted by Crippen LogP contribution is -2.29. The number of phenols is 2. The fourth-order valence-corrected chi connectivity index (χ4v) is 4.62. The van der Waals surface area contributed by atoms with E-state index in [0.29, 0.717) is 17.8 Å². The first-order valence-electron chi connectivity index (χ1n) is 15.5. The standard InChI is InChI=1S/C33H50N2O6/c1-2-3-4-5-6-7-8-9-10-11-12-13-14-15-16-17-18-31(40-32(38)34-27-19-23-29(36)24-20-27)41-33(39)35-28-21-25-30(37)26-22-28/h19-26,31,36-37H,2-18H2,1H3,(H,34,38)(H,35,39). The zero-order valence-electron chi connectivity index (χ0n) is 24.7. The predicted molar refractivity (Wildman–Crippen MR) is 164 cm³/mol. The topological polar surface area (TPSA) is 117 Å². The zero-order valence-corrected chi connectivity index (χ0v) is 24.7. The first-order chi connectivity index (χ1) is 20.0. The molecule has 2 rings (SSSR count). The quantitative estimate of drug-likeness (QED) is 0.0674. The highest BCUT2D eigenvalue weighted by Gasteiger charge is 2.19. The van der Waals surface area contributed by atoms with Gasteiger partial charge in [0.05, 0.1) is 0 Å². The molecule has 41 heavy (non-hydrogen) atoms. The SMILES string of the molecule is CCCCCCCCCCCCCCCCCCC(OC(=O)Nc1ccc(O)cc1)OC(=O)Nc1ccc(O)cc1. The molecular weight excluding hydrogens is 520 g/mol. The van der Waals surface area contributed by atoms with Crippen LogP contribution in [-0.2, 0) is 9.47 Å². The van der Waals surface area contributed by atoms with E-state index in [0.717, 1.165) is 19.3 Å². The molecular formula is C33H50N2O6. The summed E-state index contributed by atoms with van der Waals surface area (Å²) in [5.41, 5.74) is 0.894. The molecule has 0 heterocycles. The average molecular weight is 571 g/mol. The molecule has 8 heteroatoms. The van der Waals surface area contributed by atoms with Gasteiger partial charge in [0.2, 0.25) is 0 Å². The summed E-state index contributed by atoms with van der Waals surface area (Å²) in [5.74, 6) is 0.166. The third-order valence-corrected chi connectivity index (χ3v) is 7.00. The van der Waals surface area contributed by atoms with Crippen LogP contribution in [0, 0.1) is 0 Å². The van der Waals surface area contributed by atoms with Gasteiger partial charge >= 0.3 is 12.2 Å². The van der Waals surface area contributed by atoms with Gasteiger partial charge in [0, 0.05) is 17.8 Å². The average Bonchev–Trinajstić information content (AvgIpc) is 2.95. The number of hydrogen-bond donors (Lipinski definition) is 4. The molecule has 2 aromatic rings. The van der Waals surface area contributed by atoms with Crippen LogP contribution in [0.3, 0.4) is 0 Å². The normalized spacial score (nSPS) is 10.9. The number of phenolic OH excluding ortho intramolecular Hbond substituents is 2. The van der Waals surface area contributed by atoms with Crippen LogP contribution in [-0.4, -0.2) is 28.7 Å². The summed E-state index contributed by atoms with van der Waals surface area (Å²) < 4.78 is 10.8. The molecule has 0 atom stereocenters. The van der Waals surface area contributed by atoms with E-state index in [1.165, 1.54) is 108 Å². The summed E-state index contributed by atoms with van der Waals surface area (Å²) in [6.45, 7) is 2.26. The van der Waals surface area contributed by atoms with Crippen molar-refractivity contribution >= 4 is 23.6 Å². The van der Waals surface area contributed by atoms with E-state index in [2.05, 4.69) is 17.6 Å². The second-order valence-corrected chi connectivity index (χ2v) is 10.7. The highest BCUT2D eigenvalue weighted by molar-refractivity contribution is 5.86. The van der Waals surface area contributed by atoms with Gasteiger partial charge in [-0.25, -0.2) is 9.59 Å². The number of anilines is 2. The highest BCUT2D eigenvalue weighted by atomic mass is 16.7. The van der Waals surface area contributed by atoms with E-state index in [-0.39, 0.29) is 11.5 Å². The first kappa shape index (κ1) is 33.8. The number of hydrogen-bond acceptors (Lipinski definition) is 6. The number of carbonyl (C=O) groups excluding carboxylic acids is 2. The summed E-state index contributed by atoms with van der Waals surface area (Å²) in [5, 5.41) is 24.0. The van der Waals surface area contributed by atoms with E-state index in [1.54, 1.807) is 24.3 Å². The van der Waals surface area contributed by atoms with Crippen LogP contribution >= 0.6 is 0 Å². The van der Waals surface area contributed by atoms with Crippen molar-refractivity contribution in [3.63, 3.8) is 0 Å². The van der Waals surface area contributed by atoms with Crippen molar-refractivity contribution in [3.8, 4) is 11.5 Å². The Balaban J connectivity index is 1.63. The van der Waals surface area contributed by atoms with Gasteiger partial charge in [0.25, 0.3) is 6.29 Å². The Labute approximate surface area is 245 Å². The molecule has 0 spiro atoms. The molecule has 0 unspecified atom stereocenters. The maximum absolute atomic E-state index is 12.4. The number of unbranched alkanes of at least 4 members (excludes halogenated alkanes) is 15. The van der Waals surface area contributed by atoms with Crippen molar-refractivity contribution in [3.05, 3.63) is 48.5 Å². The molecule has 0 saturated heterocycles. The molecule has 0 saturated carbocycles. The monoisotopic (exact) mass is 570 g/mol. The number of aromatic hydroxyl groups is 2. The number of ether oxygens (including phenoxy) is 2. The minimum Gasteiger partial charge on any atom is -0.508 e. The maximum atomic E-state index is 12.4. The summed E-state index contributed by atoms with van der Waals surface area (Å²) in [4.78, 5) is 24.8. The van der Waals surface area contributed by atoms with Gasteiger partial charge in [-0.15, -0.1) is 0 Å². The van der Waals surface area contributed by atoms with Crippen LogP contribution in [0.15, 0.2) is 48.5 Å². The number of nitrogens with one attached hydrogen (secondary N) is 2. The molecule has 0 aliphatic rings. The van der Waals surface area contributed by atoms with Crippen LogP contribution in [0.1, 0.15) is 116 Å². The van der Waals surface area contributed by atoms with Crippen molar-refractivity contribution in [2.75, 3.05) is 10.6 Å². The van der Waals surface area contributed by atoms with E-state index in [1.807, 2.05) is 0 Å². The van der Waals surface area contributed by atoms with Crippen molar-refractivity contribution in [2.24, 2.45) is 0 Å². The fraction of sp³-hybridized carbons (Fsp3) is 0.576. The van der Waals surface area contributed by atoms with Gasteiger partial charge in [0.1, 0.15) is 11.5 Å². The third-order valence-electron chi connectivity index (χ3n) is 7.00. The molecule has 0 aliphatic carbocycles. The molecule has 0 bridgehead atoms. The Morgan fingerprint density at radius 1 is 0.561 bits per heavy atom. The smallest absolute Gasteiger partial charge is 0.414 e. The summed E-state index contributed by atoms with van der Waals surface area (Å²) in [6.07, 6.45) is 17.9. The lowest BCUT2D eigenvalue weighted by molar-refractivity contribution is -0.0575. The fourth-order valence-electron chi connectivity index (χ4n) is 4.62. The first-order valence-corrected chi connectivity index (χ1v) is 15.5. The van der Waals surface area contributed by atoms with Gasteiger partial charge in [-0.1, -0.05) is 103 Å². The van der Waals surface area contributed by atoms with Crippen molar-refractivity contribution in [2.45, 2.75) is 122 Å². The van der Waals surface area contributed by atoms with Crippen LogP contribution in [0.5, 0.6) is 11.5 Å². The molecule has 0 aromatic heterocycles. The van der Waals surface area contributed by atoms with Crippen molar-refractivity contribution in [1.29, 1.82) is 0 Å². The van der Waals surface area contributed by atoms with Gasteiger partial charge in [-0.3, -0.25) is 10.6 Å². The maximum Gasteiger partial charge on any atom is 0.414 e. The predicted octanol–water partition coefficient (Wildman–Crippen LogP) is 9.87. The lowest BCUT2D eigenvalue weighted by atomic mass is 10.0. The number of amides is 2. The molecule has 2 aromatic carbocycles. The minimum atomic E-state index is -1.06. The van der Waals surface area contributed by atoms with E-state index in [4.69, 9.17) is 9.47 Å². The molecule has 228 valence electrons. The van der Waals surface area contributed by atoms with Gasteiger partial charge in [-0.05, 0) is 55.0 Å². The van der Waals surface area contributed by atoms with Crippen LogP contribution in [0.2, 0.25) is 0 Å². The Morgan fingerprint density at radius 3 is 1.22 bits per heavy atom. The molecule has 8 nitrogen and oxygen atoms in total. The molecule has 4 N–H and O–H groups in total. The number of rotatable bonds is 21. The van der Waals surface area contributed by atoms with Crippen LogP contribution in [0.25, 0.3) is 0 Å². The molecule has 0 fully saturated rings. The second-order valence-electron chi connectivity index (χ2n) is 10.7. The number of benzene rings is 2. The summed E-state index contributed by atoms with van der Waals surface area (Å²) in [6, 6.07) is 12.0. The van der Waals surface area contributed by atoms with Crippen LogP contribution < -0.4 is 10.6 Å². The van der Waals surface area contributed by atoms with Gasteiger partial charge < -0.3 is 19.7 Å². The van der Waals surface area contributed by atoms with Gasteiger partial charge in [-0.2, -0.15) is 0 Å². The van der Waals surface area contributed by atoms with E-state index >= 15 is 0 Å². The Hall–Kier alpha value is -3.42. The molecule has 2 amide bonds. The molecule has 0 aliphatic heterocycles. The van der Waals surface area contributed by atoms with Crippen molar-refractivity contribution < 1.29 is 29.3 Å². The second kappa shape index (κ2) is 21.3. The Bertz CT molecular complexity index is 903. The molecule has 0 radical (unpaired) electrons. The highest BCUT2D eigenvalue weighted by Crippen LogP contribution is 2.19. The summed E-state index contributed by atoms with van der Waals surface area (Å²) in [7, 11) is 0. The van der Waals surface area contributed by atoms with Crippen molar-refractivity contribution in [1.82, 2.24) is 0 Å². The Kier molecular flexibility index (Phi) is 17.6. The summed E-state index contributed by atoms with van der Waals surface area (Å²) >= 11 is 0. The van der Waals surface area contributed by atoms with E-state index < -0.39 is 18.5 Å². The van der Waals surface area contributed by atoms with Crippen LogP contribution in [0.4, 0.5) is 21.0 Å². The minimum absolute atomic E-state index is 0.0829. The lowest BCUT2D eigenvalue weighted by Gasteiger charge is -2.19. The van der Waals surface area contributed by atoms with Gasteiger partial charge in [0.15, 0.2) is 0 Å². The Morgan fingerprint density at radius 2 is 0.878 bits per heavy atom. The largest absolute Gasteiger partial charge is 0.508 e. The third kappa shape index (κ3) is 17.1. The zero-order chi connectivity index (χ0) is 29.5.